The summed E-state index contributed by atoms with van der Waals surface area (Å²) in [5.74, 6) is 0.907. The van der Waals surface area contributed by atoms with E-state index < -0.39 is 0 Å². The Kier molecular flexibility index (Phi) is 4.06. The first-order valence-corrected chi connectivity index (χ1v) is 5.50. The molecule has 1 N–H and O–H groups in total. The molecule has 1 aliphatic heterocycles. The minimum Gasteiger partial charge on any atom is -0.316 e. The maximum Gasteiger partial charge on any atom is 0.0310 e. The Morgan fingerprint density at radius 1 is 1.25 bits per heavy atom. The summed E-state index contributed by atoms with van der Waals surface area (Å²) in [4.78, 5) is 0. The molecule has 0 aromatic carbocycles. The van der Waals surface area contributed by atoms with E-state index in [9.17, 15) is 0 Å². The van der Waals surface area contributed by atoms with Gasteiger partial charge in [0.2, 0.25) is 0 Å². The second-order valence-corrected chi connectivity index (χ2v) is 5.51. The summed E-state index contributed by atoms with van der Waals surface area (Å²) in [5.41, 5.74) is 0. The van der Waals surface area contributed by atoms with Gasteiger partial charge in [0.05, 0.1) is 0 Å². The van der Waals surface area contributed by atoms with E-state index in [1.165, 1.54) is 45.2 Å². The van der Waals surface area contributed by atoms with Crippen molar-refractivity contribution in [2.45, 2.75) is 36.4 Å². The van der Waals surface area contributed by atoms with Crippen LogP contribution in [0.5, 0.6) is 0 Å². The van der Waals surface area contributed by atoms with E-state index in [0.29, 0.717) is 4.32 Å². The first-order chi connectivity index (χ1) is 5.31. The summed E-state index contributed by atoms with van der Waals surface area (Å²) in [6.45, 7) is 2.45. The average Bonchev–Trinajstić information content (AvgIpc) is 2.03. The summed E-state index contributed by atoms with van der Waals surface area (Å²) in [7, 11) is 0. The molecule has 0 spiro atoms. The maximum absolute atomic E-state index is 3.93. The van der Waals surface area contributed by atoms with Gasteiger partial charge in [0, 0.05) is 4.32 Å². The first-order valence-electron chi connectivity index (χ1n) is 4.71. The van der Waals surface area contributed by atoms with Crippen LogP contribution in [0.25, 0.3) is 0 Å². The van der Waals surface area contributed by atoms with Crippen molar-refractivity contribution in [2.75, 3.05) is 13.1 Å². The van der Waals surface area contributed by atoms with Crippen LogP contribution >= 0.6 is 32.9 Å². The lowest BCUT2D eigenvalue weighted by Crippen LogP contribution is -2.47. The monoisotopic (exact) mass is 297 g/mol. The zero-order chi connectivity index (χ0) is 7.73. The molecule has 2 aliphatic rings. The number of hydrogen-bond acceptors (Lipinski definition) is 1. The smallest absolute Gasteiger partial charge is 0.0310 e. The molecule has 12 heavy (non-hydrogen) atoms. The van der Waals surface area contributed by atoms with Gasteiger partial charge in [0.1, 0.15) is 0 Å². The van der Waals surface area contributed by atoms with Gasteiger partial charge < -0.3 is 5.32 Å². The van der Waals surface area contributed by atoms with Gasteiger partial charge in [0.15, 0.2) is 0 Å². The maximum atomic E-state index is 3.93. The standard InChI is InChI=1S/C9H16BrN.BrH/c10-9-4-2-1-3-8(9)7-11-6-5-9;/h8,11H,1-7H2;1H. The zero-order valence-corrected chi connectivity index (χ0v) is 10.6. The van der Waals surface area contributed by atoms with Crippen LogP contribution in [0.2, 0.25) is 0 Å². The molecule has 1 aliphatic carbocycles. The van der Waals surface area contributed by atoms with Crippen LogP contribution in [0, 0.1) is 5.92 Å². The predicted octanol–water partition coefficient (Wildman–Crippen LogP) is 2.88. The molecule has 0 bridgehead atoms. The number of piperidine rings is 1. The quantitative estimate of drug-likeness (QED) is 0.678. The lowest BCUT2D eigenvalue weighted by Gasteiger charge is -2.43. The third-order valence-corrected chi connectivity index (χ3v) is 4.68. The van der Waals surface area contributed by atoms with Crippen LogP contribution in [0.1, 0.15) is 32.1 Å². The first kappa shape index (κ1) is 11.0. The number of halogens is 2. The molecular formula is C9H17Br2N. The van der Waals surface area contributed by atoms with E-state index in [1.54, 1.807) is 0 Å². The Morgan fingerprint density at radius 3 is 2.83 bits per heavy atom. The summed E-state index contributed by atoms with van der Waals surface area (Å²) in [6.07, 6.45) is 7.04. The van der Waals surface area contributed by atoms with Crippen molar-refractivity contribution < 1.29 is 0 Å². The van der Waals surface area contributed by atoms with Gasteiger partial charge in [0.25, 0.3) is 0 Å². The Balaban J connectivity index is 0.000000720. The van der Waals surface area contributed by atoms with Crippen LogP contribution in [0.3, 0.4) is 0 Å². The van der Waals surface area contributed by atoms with E-state index in [2.05, 4.69) is 21.2 Å². The number of hydrogen-bond donors (Lipinski definition) is 1. The van der Waals surface area contributed by atoms with Gasteiger partial charge >= 0.3 is 0 Å². The summed E-state index contributed by atoms with van der Waals surface area (Å²) in [5, 5.41) is 3.48. The SMILES string of the molecule is Br.BrC12CCCCC1CNCC2. The van der Waals surface area contributed by atoms with Crippen molar-refractivity contribution >= 4 is 32.9 Å². The second-order valence-electron chi connectivity index (χ2n) is 3.93. The minimum absolute atomic E-state index is 0. The predicted molar refractivity (Wildman–Crippen MR) is 61.4 cm³/mol. The zero-order valence-electron chi connectivity index (χ0n) is 7.31. The fourth-order valence-corrected chi connectivity index (χ4v) is 3.33. The van der Waals surface area contributed by atoms with E-state index in [0.717, 1.165) is 5.92 Å². The third kappa shape index (κ3) is 2.05. The lowest BCUT2D eigenvalue weighted by atomic mass is 9.75. The van der Waals surface area contributed by atoms with E-state index in [1.807, 2.05) is 0 Å². The average molecular weight is 299 g/mol. The van der Waals surface area contributed by atoms with Crippen LogP contribution in [0.15, 0.2) is 0 Å². The molecule has 1 nitrogen and oxygen atoms in total. The molecule has 2 atom stereocenters. The Hall–Kier alpha value is 0.920. The molecule has 2 fully saturated rings. The Labute approximate surface area is 93.6 Å². The molecule has 1 heterocycles. The number of alkyl halides is 1. The third-order valence-electron chi connectivity index (χ3n) is 3.23. The van der Waals surface area contributed by atoms with Crippen LogP contribution in [-0.4, -0.2) is 17.4 Å². The normalized spacial score (nSPS) is 41.2. The van der Waals surface area contributed by atoms with Gasteiger partial charge in [-0.15, -0.1) is 17.0 Å². The second kappa shape index (κ2) is 4.43. The molecule has 2 unspecified atom stereocenters. The topological polar surface area (TPSA) is 12.0 Å². The highest BCUT2D eigenvalue weighted by Crippen LogP contribution is 2.44. The van der Waals surface area contributed by atoms with Crippen molar-refractivity contribution in [1.82, 2.24) is 5.32 Å². The molecule has 72 valence electrons. The van der Waals surface area contributed by atoms with Gasteiger partial charge in [-0.1, -0.05) is 28.8 Å². The van der Waals surface area contributed by atoms with E-state index in [-0.39, 0.29) is 17.0 Å². The molecule has 0 radical (unpaired) electrons. The summed E-state index contributed by atoms with van der Waals surface area (Å²) in [6, 6.07) is 0. The molecule has 0 aromatic heterocycles. The largest absolute Gasteiger partial charge is 0.316 e. The number of nitrogens with one attached hydrogen (secondary N) is 1. The van der Waals surface area contributed by atoms with Crippen LogP contribution in [-0.2, 0) is 0 Å². The van der Waals surface area contributed by atoms with E-state index >= 15 is 0 Å². The summed E-state index contributed by atoms with van der Waals surface area (Å²) >= 11 is 3.93. The molecular weight excluding hydrogens is 282 g/mol. The molecule has 2 rings (SSSR count). The van der Waals surface area contributed by atoms with Crippen molar-refractivity contribution in [1.29, 1.82) is 0 Å². The van der Waals surface area contributed by atoms with Gasteiger partial charge in [-0.3, -0.25) is 0 Å². The number of fused-ring (bicyclic) bond motifs is 1. The van der Waals surface area contributed by atoms with Crippen molar-refractivity contribution in [3.8, 4) is 0 Å². The van der Waals surface area contributed by atoms with E-state index in [4.69, 9.17) is 0 Å². The molecule has 3 heteroatoms. The Morgan fingerprint density at radius 2 is 2.08 bits per heavy atom. The highest BCUT2D eigenvalue weighted by Gasteiger charge is 2.39. The molecule has 0 amide bonds. The highest BCUT2D eigenvalue weighted by atomic mass is 79.9. The minimum atomic E-state index is 0. The fourth-order valence-electron chi connectivity index (χ4n) is 2.46. The van der Waals surface area contributed by atoms with Crippen LogP contribution < -0.4 is 5.32 Å². The van der Waals surface area contributed by atoms with Gasteiger partial charge in [-0.2, -0.15) is 0 Å². The Bertz CT molecular complexity index is 137. The highest BCUT2D eigenvalue weighted by molar-refractivity contribution is 9.10. The van der Waals surface area contributed by atoms with Gasteiger partial charge in [-0.25, -0.2) is 0 Å². The van der Waals surface area contributed by atoms with Crippen LogP contribution in [0.4, 0.5) is 0 Å². The lowest BCUT2D eigenvalue weighted by molar-refractivity contribution is 0.224. The fraction of sp³-hybridized carbons (Fsp3) is 1.00. The van der Waals surface area contributed by atoms with Gasteiger partial charge in [-0.05, 0) is 38.3 Å². The van der Waals surface area contributed by atoms with Crippen molar-refractivity contribution in [3.05, 3.63) is 0 Å². The number of rotatable bonds is 0. The van der Waals surface area contributed by atoms with Crippen molar-refractivity contribution in [3.63, 3.8) is 0 Å². The molecule has 0 aromatic rings. The molecule has 1 saturated carbocycles. The van der Waals surface area contributed by atoms with Crippen molar-refractivity contribution in [2.24, 2.45) is 5.92 Å². The summed E-state index contributed by atoms with van der Waals surface area (Å²) < 4.78 is 0.524. The molecule has 1 saturated heterocycles.